The molecule has 1 unspecified atom stereocenters. The first-order valence-electron chi connectivity index (χ1n) is 8.91. The van der Waals surface area contributed by atoms with Crippen LogP contribution in [0.5, 0.6) is 5.75 Å². The number of aliphatic carboxylic acids is 1. The van der Waals surface area contributed by atoms with Gasteiger partial charge < -0.3 is 15.2 Å². The SMILES string of the molecule is COc1ccc(C[C@@H](NC(=O)CC2c3ccccc3CN2C)C(=O)O)cc1. The lowest BCUT2D eigenvalue weighted by Crippen LogP contribution is -2.43. The van der Waals surface area contributed by atoms with Crippen molar-refractivity contribution in [1.82, 2.24) is 10.2 Å². The van der Waals surface area contributed by atoms with Crippen molar-refractivity contribution in [2.24, 2.45) is 0 Å². The molecule has 2 N–H and O–H groups in total. The number of nitrogens with zero attached hydrogens (tertiary/aromatic N) is 1. The summed E-state index contributed by atoms with van der Waals surface area (Å²) in [6.07, 6.45) is 0.460. The fourth-order valence-corrected chi connectivity index (χ4v) is 3.51. The van der Waals surface area contributed by atoms with E-state index in [2.05, 4.69) is 16.3 Å². The number of ether oxygens (including phenoxy) is 1. The molecule has 1 heterocycles. The first-order valence-corrected chi connectivity index (χ1v) is 8.91. The van der Waals surface area contributed by atoms with Gasteiger partial charge in [0, 0.05) is 25.4 Å². The minimum atomic E-state index is -1.04. The van der Waals surface area contributed by atoms with Gasteiger partial charge >= 0.3 is 5.97 Å². The average molecular weight is 368 g/mol. The highest BCUT2D eigenvalue weighted by Gasteiger charge is 2.30. The zero-order valence-corrected chi connectivity index (χ0v) is 15.5. The molecule has 6 nitrogen and oxygen atoms in total. The van der Waals surface area contributed by atoms with E-state index in [4.69, 9.17) is 4.74 Å². The van der Waals surface area contributed by atoms with Crippen molar-refractivity contribution < 1.29 is 19.4 Å². The van der Waals surface area contributed by atoms with E-state index >= 15 is 0 Å². The molecule has 2 atom stereocenters. The number of fused-ring (bicyclic) bond motifs is 1. The molecule has 0 saturated carbocycles. The quantitative estimate of drug-likeness (QED) is 0.785. The minimum absolute atomic E-state index is 0.0309. The standard InChI is InChI=1S/C21H24N2O4/c1-23-13-15-5-3-4-6-17(15)19(23)12-20(24)22-18(21(25)26)11-14-7-9-16(27-2)10-8-14/h3-10,18-19H,11-13H2,1-2H3,(H,22,24)(H,25,26)/t18-,19?/m1/s1. The third-order valence-electron chi connectivity index (χ3n) is 4.98. The van der Waals surface area contributed by atoms with Gasteiger partial charge in [-0.1, -0.05) is 36.4 Å². The predicted octanol–water partition coefficient (Wildman–Crippen LogP) is 2.38. The number of amides is 1. The van der Waals surface area contributed by atoms with Crippen LogP contribution >= 0.6 is 0 Å². The van der Waals surface area contributed by atoms with Crippen LogP contribution in [0.15, 0.2) is 48.5 Å². The zero-order valence-electron chi connectivity index (χ0n) is 15.5. The van der Waals surface area contributed by atoms with Gasteiger partial charge in [-0.15, -0.1) is 0 Å². The summed E-state index contributed by atoms with van der Waals surface area (Å²) < 4.78 is 5.11. The van der Waals surface area contributed by atoms with Gasteiger partial charge in [-0.2, -0.15) is 0 Å². The second-order valence-electron chi connectivity index (χ2n) is 6.84. The minimum Gasteiger partial charge on any atom is -0.497 e. The number of benzene rings is 2. The largest absolute Gasteiger partial charge is 0.497 e. The van der Waals surface area contributed by atoms with E-state index in [1.165, 1.54) is 5.56 Å². The van der Waals surface area contributed by atoms with Crippen molar-refractivity contribution in [3.63, 3.8) is 0 Å². The molecular weight excluding hydrogens is 344 g/mol. The topological polar surface area (TPSA) is 78.9 Å². The molecule has 0 bridgehead atoms. The maximum atomic E-state index is 12.5. The first kappa shape index (κ1) is 18.9. The lowest BCUT2D eigenvalue weighted by molar-refractivity contribution is -0.142. The Balaban J connectivity index is 1.64. The second kappa shape index (κ2) is 8.22. The molecule has 0 spiro atoms. The summed E-state index contributed by atoms with van der Waals surface area (Å²) in [5.74, 6) is -0.596. The molecule has 0 fully saturated rings. The van der Waals surface area contributed by atoms with Gasteiger partial charge in [0.2, 0.25) is 5.91 Å². The number of carboxylic acid groups (broad SMARTS) is 1. The van der Waals surface area contributed by atoms with Gasteiger partial charge in [0.25, 0.3) is 0 Å². The summed E-state index contributed by atoms with van der Waals surface area (Å²) in [6, 6.07) is 14.2. The molecule has 2 aromatic carbocycles. The Kier molecular flexibility index (Phi) is 5.76. The van der Waals surface area contributed by atoms with Crippen LogP contribution in [0.2, 0.25) is 0 Å². The normalized spacial score (nSPS) is 17.2. The lowest BCUT2D eigenvalue weighted by Gasteiger charge is -2.21. The van der Waals surface area contributed by atoms with Crippen LogP contribution in [-0.2, 0) is 22.6 Å². The predicted molar refractivity (Wildman–Crippen MR) is 102 cm³/mol. The van der Waals surface area contributed by atoms with Gasteiger partial charge in [-0.3, -0.25) is 9.69 Å². The Labute approximate surface area is 158 Å². The van der Waals surface area contributed by atoms with E-state index < -0.39 is 12.0 Å². The van der Waals surface area contributed by atoms with Crippen molar-refractivity contribution in [1.29, 1.82) is 0 Å². The molecule has 0 saturated heterocycles. The molecule has 1 amide bonds. The molecule has 1 aliphatic rings. The first-order chi connectivity index (χ1) is 13.0. The number of rotatable bonds is 7. The van der Waals surface area contributed by atoms with E-state index in [9.17, 15) is 14.7 Å². The van der Waals surface area contributed by atoms with E-state index in [1.54, 1.807) is 19.2 Å². The number of hydrogen-bond acceptors (Lipinski definition) is 4. The smallest absolute Gasteiger partial charge is 0.326 e. The number of carbonyl (C=O) groups is 2. The molecule has 0 aromatic heterocycles. The van der Waals surface area contributed by atoms with E-state index in [0.717, 1.165) is 17.7 Å². The Morgan fingerprint density at radius 1 is 1.22 bits per heavy atom. The van der Waals surface area contributed by atoms with Crippen molar-refractivity contribution in [2.45, 2.75) is 31.5 Å². The van der Waals surface area contributed by atoms with E-state index in [-0.39, 0.29) is 24.8 Å². The molecule has 0 radical (unpaired) electrons. The monoisotopic (exact) mass is 368 g/mol. The fourth-order valence-electron chi connectivity index (χ4n) is 3.51. The Morgan fingerprint density at radius 2 is 1.93 bits per heavy atom. The molecule has 6 heteroatoms. The highest BCUT2D eigenvalue weighted by atomic mass is 16.5. The highest BCUT2D eigenvalue weighted by molar-refractivity contribution is 5.84. The van der Waals surface area contributed by atoms with Crippen LogP contribution in [0.25, 0.3) is 0 Å². The summed E-state index contributed by atoms with van der Waals surface area (Å²) in [5.41, 5.74) is 3.18. The number of hydrogen-bond donors (Lipinski definition) is 2. The Hall–Kier alpha value is -2.86. The van der Waals surface area contributed by atoms with Crippen LogP contribution in [0.1, 0.15) is 29.2 Å². The number of methoxy groups -OCH3 is 1. The maximum absolute atomic E-state index is 12.5. The third-order valence-corrected chi connectivity index (χ3v) is 4.98. The molecule has 142 valence electrons. The summed E-state index contributed by atoms with van der Waals surface area (Å²) in [6.45, 7) is 0.794. The van der Waals surface area contributed by atoms with Crippen LogP contribution in [0, 0.1) is 0 Å². The Morgan fingerprint density at radius 3 is 2.59 bits per heavy atom. The van der Waals surface area contributed by atoms with Crippen LogP contribution in [0.3, 0.4) is 0 Å². The number of carbonyl (C=O) groups excluding carboxylic acids is 1. The molecular formula is C21H24N2O4. The number of carboxylic acids is 1. The summed E-state index contributed by atoms with van der Waals surface area (Å²) in [4.78, 5) is 26.3. The number of nitrogens with one attached hydrogen (secondary N) is 1. The average Bonchev–Trinajstić information content (AvgIpc) is 2.97. The molecule has 3 rings (SSSR count). The van der Waals surface area contributed by atoms with Crippen LogP contribution < -0.4 is 10.1 Å². The maximum Gasteiger partial charge on any atom is 0.326 e. The van der Waals surface area contributed by atoms with Crippen LogP contribution in [0.4, 0.5) is 0 Å². The fraction of sp³-hybridized carbons (Fsp3) is 0.333. The molecule has 27 heavy (non-hydrogen) atoms. The van der Waals surface area contributed by atoms with Gasteiger partial charge in [0.15, 0.2) is 0 Å². The molecule has 0 aliphatic carbocycles. The van der Waals surface area contributed by atoms with Crippen LogP contribution in [-0.4, -0.2) is 42.1 Å². The summed E-state index contributed by atoms with van der Waals surface area (Å²) in [7, 11) is 3.55. The molecule has 2 aromatic rings. The van der Waals surface area contributed by atoms with Crippen molar-refractivity contribution >= 4 is 11.9 Å². The highest BCUT2D eigenvalue weighted by Crippen LogP contribution is 2.34. The van der Waals surface area contributed by atoms with Gasteiger partial charge in [0.05, 0.1) is 7.11 Å². The van der Waals surface area contributed by atoms with E-state index in [1.807, 2.05) is 37.4 Å². The Bertz CT molecular complexity index is 819. The van der Waals surface area contributed by atoms with Gasteiger partial charge in [0.1, 0.15) is 11.8 Å². The van der Waals surface area contributed by atoms with Crippen molar-refractivity contribution in [2.75, 3.05) is 14.2 Å². The lowest BCUT2D eigenvalue weighted by atomic mass is 10.0. The summed E-state index contributed by atoms with van der Waals surface area (Å²) in [5, 5.41) is 12.2. The third kappa shape index (κ3) is 4.46. The molecule has 1 aliphatic heterocycles. The second-order valence-corrected chi connectivity index (χ2v) is 6.84. The van der Waals surface area contributed by atoms with Crippen molar-refractivity contribution in [3.8, 4) is 5.75 Å². The summed E-state index contributed by atoms with van der Waals surface area (Å²) >= 11 is 0. The van der Waals surface area contributed by atoms with Crippen molar-refractivity contribution in [3.05, 3.63) is 65.2 Å². The van der Waals surface area contributed by atoms with E-state index in [0.29, 0.717) is 5.75 Å². The zero-order chi connectivity index (χ0) is 19.4. The van der Waals surface area contributed by atoms with Gasteiger partial charge in [-0.25, -0.2) is 4.79 Å². The van der Waals surface area contributed by atoms with Gasteiger partial charge in [-0.05, 0) is 35.9 Å².